The van der Waals surface area contributed by atoms with Crippen LogP contribution >= 0.6 is 0 Å². The van der Waals surface area contributed by atoms with Gasteiger partial charge < -0.3 is 20.7 Å². The lowest BCUT2D eigenvalue weighted by Gasteiger charge is -2.47. The molecule has 3 saturated heterocycles. The zero-order chi connectivity index (χ0) is 20.0. The van der Waals surface area contributed by atoms with Gasteiger partial charge in [-0.2, -0.15) is 0 Å². The molecule has 2 bridgehead atoms. The zero-order valence-corrected chi connectivity index (χ0v) is 17.0. The first-order valence-corrected chi connectivity index (χ1v) is 10.5. The average Bonchev–Trinajstić information content (AvgIpc) is 2.74. The van der Waals surface area contributed by atoms with Crippen LogP contribution in [0.3, 0.4) is 0 Å². The Kier molecular flexibility index (Phi) is 7.08. The highest BCUT2D eigenvalue weighted by Crippen LogP contribution is 2.40. The van der Waals surface area contributed by atoms with Crippen LogP contribution in [0.1, 0.15) is 53.6 Å². The number of fused-ring (bicyclic) bond motifs is 3. The molecule has 4 rings (SSSR count). The van der Waals surface area contributed by atoms with Crippen LogP contribution in [0.5, 0.6) is 0 Å². The molecular formula is C22H33N3O3. The van der Waals surface area contributed by atoms with Crippen LogP contribution in [0, 0.1) is 5.41 Å². The number of piperidine rings is 3. The number of hydrogen-bond donors (Lipinski definition) is 2. The van der Waals surface area contributed by atoms with Crippen molar-refractivity contribution in [1.82, 2.24) is 10.2 Å². The lowest BCUT2D eigenvalue weighted by atomic mass is 9.73. The van der Waals surface area contributed by atoms with Crippen molar-refractivity contribution >= 4 is 11.9 Å². The van der Waals surface area contributed by atoms with E-state index in [4.69, 9.17) is 10.5 Å². The van der Waals surface area contributed by atoms with Gasteiger partial charge in [-0.1, -0.05) is 6.07 Å². The summed E-state index contributed by atoms with van der Waals surface area (Å²) in [5, 5.41) is 2.65. The Labute approximate surface area is 167 Å². The molecule has 6 nitrogen and oxygen atoms in total. The summed E-state index contributed by atoms with van der Waals surface area (Å²) >= 11 is 0. The number of carbonyl (C=O) groups excluding carboxylic acids is 2. The summed E-state index contributed by atoms with van der Waals surface area (Å²) in [7, 11) is 1.63. The van der Waals surface area contributed by atoms with Crippen molar-refractivity contribution in [2.45, 2.75) is 44.9 Å². The predicted molar refractivity (Wildman–Crippen MR) is 109 cm³/mol. The maximum atomic E-state index is 12.2. The van der Waals surface area contributed by atoms with E-state index in [1.54, 1.807) is 7.05 Å². The number of esters is 1. The molecule has 3 fully saturated rings. The Bertz CT molecular complexity index is 682. The third-order valence-electron chi connectivity index (χ3n) is 6.35. The summed E-state index contributed by atoms with van der Waals surface area (Å²) < 4.78 is 5.65. The van der Waals surface area contributed by atoms with E-state index in [0.29, 0.717) is 25.1 Å². The highest BCUT2D eigenvalue weighted by molar-refractivity contribution is 5.94. The monoisotopic (exact) mass is 387 g/mol. The number of rotatable bonds is 9. The van der Waals surface area contributed by atoms with E-state index in [9.17, 15) is 9.59 Å². The third-order valence-corrected chi connectivity index (χ3v) is 6.35. The lowest BCUT2D eigenvalue weighted by molar-refractivity contribution is -0.150. The van der Waals surface area contributed by atoms with E-state index < -0.39 is 0 Å². The van der Waals surface area contributed by atoms with E-state index in [1.165, 1.54) is 0 Å². The van der Waals surface area contributed by atoms with E-state index >= 15 is 0 Å². The Morgan fingerprint density at radius 1 is 1.14 bits per heavy atom. The first-order chi connectivity index (χ1) is 13.5. The first kappa shape index (κ1) is 20.8. The second-order valence-electron chi connectivity index (χ2n) is 8.21. The van der Waals surface area contributed by atoms with E-state index in [1.807, 2.05) is 18.2 Å². The van der Waals surface area contributed by atoms with Crippen molar-refractivity contribution in [2.24, 2.45) is 11.1 Å². The minimum atomic E-state index is -0.0960. The average molecular weight is 388 g/mol. The molecule has 6 heteroatoms. The number of hydrogen-bond acceptors (Lipinski definition) is 5. The molecule has 0 atom stereocenters. The maximum Gasteiger partial charge on any atom is 0.305 e. The van der Waals surface area contributed by atoms with Crippen LogP contribution in [0.4, 0.5) is 0 Å². The molecule has 0 spiro atoms. The predicted octanol–water partition coefficient (Wildman–Crippen LogP) is 1.90. The second-order valence-corrected chi connectivity index (χ2v) is 8.21. The van der Waals surface area contributed by atoms with Gasteiger partial charge in [-0.15, -0.1) is 0 Å². The van der Waals surface area contributed by atoms with Gasteiger partial charge in [0, 0.05) is 24.4 Å². The van der Waals surface area contributed by atoms with Gasteiger partial charge in [-0.25, -0.2) is 0 Å². The third kappa shape index (κ3) is 5.11. The fraction of sp³-hybridized carbons (Fsp3) is 0.636. The smallest absolute Gasteiger partial charge is 0.305 e. The second kappa shape index (κ2) is 9.52. The molecule has 3 aliphatic rings. The van der Waals surface area contributed by atoms with Crippen LogP contribution in [0.25, 0.3) is 0 Å². The van der Waals surface area contributed by atoms with Crippen molar-refractivity contribution in [1.29, 1.82) is 0 Å². The van der Waals surface area contributed by atoms with Gasteiger partial charge in [0.25, 0.3) is 5.91 Å². The minimum absolute atomic E-state index is 0.0928. The first-order valence-electron chi connectivity index (χ1n) is 10.5. The molecule has 3 aliphatic heterocycles. The fourth-order valence-corrected chi connectivity index (χ4v) is 4.39. The maximum absolute atomic E-state index is 12.2. The number of aryl methyl sites for hydroxylation is 1. The van der Waals surface area contributed by atoms with Crippen molar-refractivity contribution in [3.8, 4) is 0 Å². The van der Waals surface area contributed by atoms with Gasteiger partial charge in [0.05, 0.1) is 6.61 Å². The lowest BCUT2D eigenvalue weighted by Crippen LogP contribution is -2.50. The number of nitrogens with two attached hydrogens (primary N) is 1. The highest BCUT2D eigenvalue weighted by Gasteiger charge is 2.40. The van der Waals surface area contributed by atoms with Crippen molar-refractivity contribution in [3.63, 3.8) is 0 Å². The normalized spacial score (nSPS) is 23.4. The molecule has 3 heterocycles. The summed E-state index contributed by atoms with van der Waals surface area (Å²) in [5.74, 6) is -0.189. The van der Waals surface area contributed by atoms with E-state index in [-0.39, 0.29) is 17.3 Å². The number of amides is 1. The van der Waals surface area contributed by atoms with Crippen LogP contribution in [-0.4, -0.2) is 56.6 Å². The Hall–Kier alpha value is -1.92. The van der Waals surface area contributed by atoms with Crippen molar-refractivity contribution < 1.29 is 14.3 Å². The topological polar surface area (TPSA) is 84.7 Å². The van der Waals surface area contributed by atoms with Gasteiger partial charge in [-0.05, 0) is 88.0 Å². The summed E-state index contributed by atoms with van der Waals surface area (Å²) in [6, 6.07) is 5.73. The van der Waals surface area contributed by atoms with E-state index in [0.717, 1.165) is 69.3 Å². The molecule has 3 N–H and O–H groups in total. The minimum Gasteiger partial charge on any atom is -0.465 e. The molecule has 1 amide bonds. The number of nitrogens with one attached hydrogen (secondary N) is 1. The van der Waals surface area contributed by atoms with Gasteiger partial charge in [0.2, 0.25) is 0 Å². The molecule has 0 unspecified atom stereocenters. The summed E-state index contributed by atoms with van der Waals surface area (Å²) in [5.41, 5.74) is 8.85. The largest absolute Gasteiger partial charge is 0.465 e. The summed E-state index contributed by atoms with van der Waals surface area (Å²) in [6.45, 7) is 4.55. The Balaban J connectivity index is 1.47. The molecule has 0 saturated carbocycles. The SMILES string of the molecule is CNC(=O)c1ccc(CCCC(=O)OCC23CCN(CC2)CC3)c(CCN)c1. The van der Waals surface area contributed by atoms with Crippen molar-refractivity contribution in [2.75, 3.05) is 39.8 Å². The number of nitrogens with zero attached hydrogens (tertiary/aromatic N) is 1. The Morgan fingerprint density at radius 3 is 2.50 bits per heavy atom. The van der Waals surface area contributed by atoms with Gasteiger partial charge in [0.1, 0.15) is 0 Å². The highest BCUT2D eigenvalue weighted by atomic mass is 16.5. The quantitative estimate of drug-likeness (QED) is 0.632. The van der Waals surface area contributed by atoms with E-state index in [2.05, 4.69) is 10.2 Å². The van der Waals surface area contributed by atoms with Gasteiger partial charge >= 0.3 is 5.97 Å². The molecule has 154 valence electrons. The summed E-state index contributed by atoms with van der Waals surface area (Å²) in [4.78, 5) is 26.6. The van der Waals surface area contributed by atoms with Crippen LogP contribution < -0.4 is 11.1 Å². The number of ether oxygens (including phenoxy) is 1. The van der Waals surface area contributed by atoms with Gasteiger partial charge in [-0.3, -0.25) is 9.59 Å². The number of carbonyl (C=O) groups is 2. The molecule has 1 aromatic carbocycles. The molecule has 28 heavy (non-hydrogen) atoms. The molecule has 0 aromatic heterocycles. The zero-order valence-electron chi connectivity index (χ0n) is 17.0. The van der Waals surface area contributed by atoms with Crippen LogP contribution in [-0.2, 0) is 22.4 Å². The molecule has 0 radical (unpaired) electrons. The Morgan fingerprint density at radius 2 is 1.86 bits per heavy atom. The molecular weight excluding hydrogens is 354 g/mol. The number of benzene rings is 1. The molecule has 0 aliphatic carbocycles. The summed E-state index contributed by atoms with van der Waals surface area (Å²) in [6.07, 6.45) is 6.15. The van der Waals surface area contributed by atoms with Crippen LogP contribution in [0.2, 0.25) is 0 Å². The standard InChI is InChI=1S/C22H33N3O3/c1-24-21(27)19-6-5-17(18(15-19)7-11-23)3-2-4-20(26)28-16-22-8-12-25(13-9-22)14-10-22/h5-6,15H,2-4,7-14,16,23H2,1H3,(H,24,27). The van der Waals surface area contributed by atoms with Gasteiger partial charge in [0.15, 0.2) is 0 Å². The van der Waals surface area contributed by atoms with Crippen molar-refractivity contribution in [3.05, 3.63) is 34.9 Å². The van der Waals surface area contributed by atoms with Crippen LogP contribution in [0.15, 0.2) is 18.2 Å². The fourth-order valence-electron chi connectivity index (χ4n) is 4.39. The molecule has 1 aromatic rings.